The summed E-state index contributed by atoms with van der Waals surface area (Å²) in [7, 11) is 0. The van der Waals surface area contributed by atoms with Gasteiger partial charge in [-0.3, -0.25) is 4.79 Å². The van der Waals surface area contributed by atoms with E-state index in [9.17, 15) is 4.79 Å². The molecule has 3 nitrogen and oxygen atoms in total. The van der Waals surface area contributed by atoms with Gasteiger partial charge in [0.25, 0.3) is 0 Å². The van der Waals surface area contributed by atoms with Gasteiger partial charge in [0, 0.05) is 6.54 Å². The lowest BCUT2D eigenvalue weighted by Gasteiger charge is -2.09. The van der Waals surface area contributed by atoms with Crippen molar-refractivity contribution in [2.24, 2.45) is 0 Å². The van der Waals surface area contributed by atoms with E-state index < -0.39 is 0 Å². The molecule has 1 aromatic carbocycles. The maximum absolute atomic E-state index is 11.4. The fraction of sp³-hybridized carbons (Fsp3) is 0.533. The highest BCUT2D eigenvalue weighted by Crippen LogP contribution is 2.08. The summed E-state index contributed by atoms with van der Waals surface area (Å²) in [6, 6.07) is 8.28. The van der Waals surface area contributed by atoms with Gasteiger partial charge < -0.3 is 10.1 Å². The standard InChI is InChI=1S/C15H23NO2/c1-3-5-10-18-15(17)12-16-11-14-9-7-6-8-13(14)4-2/h6-9,16H,3-5,10-12H2,1-2H3. The highest BCUT2D eigenvalue weighted by atomic mass is 16.5. The van der Waals surface area contributed by atoms with E-state index in [-0.39, 0.29) is 12.5 Å². The zero-order chi connectivity index (χ0) is 13.2. The summed E-state index contributed by atoms with van der Waals surface area (Å²) in [5, 5.41) is 3.13. The Kier molecular flexibility index (Phi) is 7.11. The Morgan fingerprint density at radius 2 is 1.94 bits per heavy atom. The van der Waals surface area contributed by atoms with Gasteiger partial charge >= 0.3 is 5.97 Å². The maximum atomic E-state index is 11.4. The maximum Gasteiger partial charge on any atom is 0.319 e. The van der Waals surface area contributed by atoms with Crippen molar-refractivity contribution < 1.29 is 9.53 Å². The van der Waals surface area contributed by atoms with Crippen LogP contribution in [0.4, 0.5) is 0 Å². The van der Waals surface area contributed by atoms with Crippen molar-refractivity contribution in [1.29, 1.82) is 0 Å². The van der Waals surface area contributed by atoms with Crippen LogP contribution < -0.4 is 5.32 Å². The first kappa shape index (κ1) is 14.7. The Morgan fingerprint density at radius 3 is 2.61 bits per heavy atom. The number of carbonyl (C=O) groups is 1. The minimum Gasteiger partial charge on any atom is -0.465 e. The molecule has 100 valence electrons. The Labute approximate surface area is 110 Å². The van der Waals surface area contributed by atoms with Crippen LogP contribution in [0.2, 0.25) is 0 Å². The highest BCUT2D eigenvalue weighted by Gasteiger charge is 2.03. The molecule has 0 unspecified atom stereocenters. The predicted octanol–water partition coefficient (Wildman–Crippen LogP) is 2.68. The molecule has 0 spiro atoms. The molecular weight excluding hydrogens is 226 g/mol. The van der Waals surface area contributed by atoms with Gasteiger partial charge in [-0.05, 0) is 24.0 Å². The summed E-state index contributed by atoms with van der Waals surface area (Å²) in [6.45, 7) is 5.74. The molecular formula is C15H23NO2. The van der Waals surface area contributed by atoms with Crippen molar-refractivity contribution in [2.75, 3.05) is 13.2 Å². The molecule has 0 amide bonds. The van der Waals surface area contributed by atoms with Gasteiger partial charge in [-0.25, -0.2) is 0 Å². The van der Waals surface area contributed by atoms with Gasteiger partial charge in [0.15, 0.2) is 0 Å². The van der Waals surface area contributed by atoms with Crippen molar-refractivity contribution in [1.82, 2.24) is 5.32 Å². The fourth-order valence-electron chi connectivity index (χ4n) is 1.76. The first-order valence-corrected chi connectivity index (χ1v) is 6.71. The van der Waals surface area contributed by atoms with Crippen molar-refractivity contribution >= 4 is 5.97 Å². The van der Waals surface area contributed by atoms with Crippen LogP contribution in [0.25, 0.3) is 0 Å². The smallest absolute Gasteiger partial charge is 0.319 e. The van der Waals surface area contributed by atoms with E-state index in [2.05, 4.69) is 31.3 Å². The molecule has 0 saturated heterocycles. The Bertz CT molecular complexity index is 363. The second kappa shape index (κ2) is 8.70. The second-order valence-corrected chi connectivity index (χ2v) is 4.30. The molecule has 0 aromatic heterocycles. The van der Waals surface area contributed by atoms with Gasteiger partial charge in [0.1, 0.15) is 0 Å². The Hall–Kier alpha value is -1.35. The molecule has 0 heterocycles. The SMILES string of the molecule is CCCCOC(=O)CNCc1ccccc1CC. The molecule has 0 saturated carbocycles. The molecule has 0 aliphatic rings. The monoisotopic (exact) mass is 249 g/mol. The summed E-state index contributed by atoms with van der Waals surface area (Å²) in [4.78, 5) is 11.4. The van der Waals surface area contributed by atoms with E-state index in [0.29, 0.717) is 13.2 Å². The summed E-state index contributed by atoms with van der Waals surface area (Å²) >= 11 is 0. The minimum absolute atomic E-state index is 0.169. The fourth-order valence-corrected chi connectivity index (χ4v) is 1.76. The number of rotatable bonds is 8. The highest BCUT2D eigenvalue weighted by molar-refractivity contribution is 5.71. The Morgan fingerprint density at radius 1 is 1.22 bits per heavy atom. The molecule has 1 N–H and O–H groups in total. The lowest BCUT2D eigenvalue weighted by molar-refractivity contribution is -0.142. The van der Waals surface area contributed by atoms with Crippen LogP contribution in [-0.2, 0) is 22.5 Å². The molecule has 1 rings (SSSR count). The predicted molar refractivity (Wildman–Crippen MR) is 73.4 cm³/mol. The van der Waals surface area contributed by atoms with Gasteiger partial charge in [-0.2, -0.15) is 0 Å². The molecule has 0 aliphatic heterocycles. The van der Waals surface area contributed by atoms with E-state index in [1.165, 1.54) is 11.1 Å². The normalized spacial score (nSPS) is 10.3. The van der Waals surface area contributed by atoms with Crippen LogP contribution in [0.5, 0.6) is 0 Å². The van der Waals surface area contributed by atoms with Crippen molar-refractivity contribution in [3.05, 3.63) is 35.4 Å². The van der Waals surface area contributed by atoms with Gasteiger partial charge in [0.05, 0.1) is 13.2 Å². The Balaban J connectivity index is 2.26. The van der Waals surface area contributed by atoms with Crippen LogP contribution >= 0.6 is 0 Å². The van der Waals surface area contributed by atoms with E-state index in [1.54, 1.807) is 0 Å². The first-order chi connectivity index (χ1) is 8.77. The van der Waals surface area contributed by atoms with Gasteiger partial charge in [-0.1, -0.05) is 44.5 Å². The number of benzene rings is 1. The third-order valence-electron chi connectivity index (χ3n) is 2.85. The number of hydrogen-bond acceptors (Lipinski definition) is 3. The van der Waals surface area contributed by atoms with Gasteiger partial charge in [-0.15, -0.1) is 0 Å². The molecule has 3 heteroatoms. The average molecular weight is 249 g/mol. The van der Waals surface area contributed by atoms with Crippen LogP contribution in [0, 0.1) is 0 Å². The molecule has 0 aliphatic carbocycles. The number of esters is 1. The van der Waals surface area contributed by atoms with Crippen molar-refractivity contribution in [3.63, 3.8) is 0 Å². The van der Waals surface area contributed by atoms with Crippen LogP contribution in [0.1, 0.15) is 37.8 Å². The average Bonchev–Trinajstić information content (AvgIpc) is 2.39. The van der Waals surface area contributed by atoms with Gasteiger partial charge in [0.2, 0.25) is 0 Å². The molecule has 0 fully saturated rings. The van der Waals surface area contributed by atoms with E-state index in [4.69, 9.17) is 4.74 Å². The minimum atomic E-state index is -0.169. The van der Waals surface area contributed by atoms with E-state index in [0.717, 1.165) is 19.3 Å². The van der Waals surface area contributed by atoms with E-state index >= 15 is 0 Å². The zero-order valence-corrected chi connectivity index (χ0v) is 11.4. The molecule has 18 heavy (non-hydrogen) atoms. The van der Waals surface area contributed by atoms with Crippen LogP contribution in [0.3, 0.4) is 0 Å². The molecule has 0 atom stereocenters. The van der Waals surface area contributed by atoms with E-state index in [1.807, 2.05) is 12.1 Å². The number of nitrogens with one attached hydrogen (secondary N) is 1. The lowest BCUT2D eigenvalue weighted by atomic mass is 10.1. The van der Waals surface area contributed by atoms with Crippen molar-refractivity contribution in [2.45, 2.75) is 39.7 Å². The third kappa shape index (κ3) is 5.32. The third-order valence-corrected chi connectivity index (χ3v) is 2.85. The largest absolute Gasteiger partial charge is 0.465 e. The lowest BCUT2D eigenvalue weighted by Crippen LogP contribution is -2.25. The second-order valence-electron chi connectivity index (χ2n) is 4.30. The molecule has 1 aromatic rings. The van der Waals surface area contributed by atoms with Crippen molar-refractivity contribution in [3.8, 4) is 0 Å². The summed E-state index contributed by atoms with van der Waals surface area (Å²) in [5.41, 5.74) is 2.57. The molecule has 0 radical (unpaired) electrons. The number of hydrogen-bond donors (Lipinski definition) is 1. The number of unbranched alkanes of at least 4 members (excludes halogenated alkanes) is 1. The summed E-state index contributed by atoms with van der Waals surface area (Å²) in [6.07, 6.45) is 2.99. The zero-order valence-electron chi connectivity index (χ0n) is 11.4. The number of aryl methyl sites for hydroxylation is 1. The topological polar surface area (TPSA) is 38.3 Å². The van der Waals surface area contributed by atoms with Crippen LogP contribution in [-0.4, -0.2) is 19.1 Å². The summed E-state index contributed by atoms with van der Waals surface area (Å²) < 4.78 is 5.08. The number of ether oxygens (including phenoxy) is 1. The molecule has 0 bridgehead atoms. The quantitative estimate of drug-likeness (QED) is 0.568. The summed E-state index contributed by atoms with van der Waals surface area (Å²) in [5.74, 6) is -0.169. The van der Waals surface area contributed by atoms with Crippen LogP contribution in [0.15, 0.2) is 24.3 Å². The number of carbonyl (C=O) groups excluding carboxylic acids is 1. The first-order valence-electron chi connectivity index (χ1n) is 6.71.